The van der Waals surface area contributed by atoms with Gasteiger partial charge in [0.1, 0.15) is 5.69 Å². The summed E-state index contributed by atoms with van der Waals surface area (Å²) in [5.41, 5.74) is 7.25. The van der Waals surface area contributed by atoms with Crippen LogP contribution in [0, 0.1) is 0 Å². The Kier molecular flexibility index (Phi) is 12.5. The Hall–Kier alpha value is -5.52. The summed E-state index contributed by atoms with van der Waals surface area (Å²) in [5, 5.41) is 15.9. The number of nitrogens with zero attached hydrogens (tertiary/aromatic N) is 1. The number of carbonyl (C=O) groups excluding carboxylic acids is 2. The molecule has 4 atom stereocenters. The molecule has 1 fully saturated rings. The Balaban J connectivity index is 1.03. The Morgan fingerprint density at radius 1 is 0.764 bits per heavy atom. The summed E-state index contributed by atoms with van der Waals surface area (Å²) < 4.78 is 19.5. The molecule has 10 heteroatoms. The van der Waals surface area contributed by atoms with E-state index in [-0.39, 0.29) is 31.1 Å². The summed E-state index contributed by atoms with van der Waals surface area (Å²) in [6.45, 7) is 1.73. The molecule has 0 aliphatic carbocycles. The van der Waals surface area contributed by atoms with E-state index in [1.54, 1.807) is 0 Å². The Morgan fingerprint density at radius 3 is 2.04 bits per heavy atom. The van der Waals surface area contributed by atoms with Crippen molar-refractivity contribution in [1.29, 1.82) is 0 Å². The monoisotopic (exact) mass is 753 g/mol. The van der Waals surface area contributed by atoms with E-state index < -0.39 is 18.4 Å². The number of Topliss-reactive ketones (excluding diaryl/α,β-unsaturated/α-hetero) is 1. The van der Waals surface area contributed by atoms with Gasteiger partial charge in [0.2, 0.25) is 0 Å². The minimum atomic E-state index is -0.647. The Morgan fingerprint density at radius 2 is 1.38 bits per heavy atom. The number of rotatable bonds is 14. The zero-order valence-corrected chi connectivity index (χ0v) is 31.3. The van der Waals surface area contributed by atoms with Crippen LogP contribution >= 0.6 is 11.8 Å². The molecule has 2 amide bonds. The molecule has 0 radical (unpaired) electrons. The minimum absolute atomic E-state index is 0.0310. The van der Waals surface area contributed by atoms with E-state index in [0.29, 0.717) is 23.8 Å². The smallest absolute Gasteiger partial charge is 0.315 e. The van der Waals surface area contributed by atoms with Crippen LogP contribution < -0.4 is 10.6 Å². The maximum Gasteiger partial charge on any atom is 0.315 e. The number of amides is 2. The number of urea groups is 1. The molecule has 1 saturated heterocycles. The lowest BCUT2D eigenvalue weighted by Gasteiger charge is -2.36. The fourth-order valence-electron chi connectivity index (χ4n) is 6.46. The van der Waals surface area contributed by atoms with Gasteiger partial charge in [-0.3, -0.25) is 4.79 Å². The molecule has 4 unspecified atom stereocenters. The fourth-order valence-corrected chi connectivity index (χ4v) is 7.30. The van der Waals surface area contributed by atoms with E-state index >= 15 is 0 Å². The molecule has 0 saturated carbocycles. The molecular weight excluding hydrogens is 711 g/mol. The molecule has 1 aliphatic rings. The average molecular weight is 754 g/mol. The van der Waals surface area contributed by atoms with Crippen molar-refractivity contribution >= 4 is 23.6 Å². The second-order valence-corrected chi connectivity index (χ2v) is 14.4. The van der Waals surface area contributed by atoms with Gasteiger partial charge in [0.25, 0.3) is 5.22 Å². The summed E-state index contributed by atoms with van der Waals surface area (Å²) in [4.78, 5) is 30.0. The number of aromatic nitrogens is 1. The van der Waals surface area contributed by atoms with Crippen molar-refractivity contribution in [2.24, 2.45) is 0 Å². The third-order valence-corrected chi connectivity index (χ3v) is 10.4. The lowest BCUT2D eigenvalue weighted by molar-refractivity contribution is -0.245. The number of aliphatic hydroxyl groups excluding tert-OH is 1. The molecule has 5 aromatic carbocycles. The molecule has 3 N–H and O–H groups in total. The molecular formula is C45H43N3O6S. The maximum absolute atomic E-state index is 12.8. The summed E-state index contributed by atoms with van der Waals surface area (Å²) in [6.07, 6.45) is -0.0636. The Labute approximate surface area is 325 Å². The van der Waals surface area contributed by atoms with E-state index in [4.69, 9.17) is 18.9 Å². The highest BCUT2D eigenvalue weighted by Crippen LogP contribution is 2.41. The zero-order chi connectivity index (χ0) is 38.0. The predicted octanol–water partition coefficient (Wildman–Crippen LogP) is 8.84. The molecule has 6 aromatic rings. The summed E-state index contributed by atoms with van der Waals surface area (Å²) in [6, 6.07) is 44.2. The van der Waals surface area contributed by atoms with Gasteiger partial charge in [-0.05, 0) is 35.6 Å². The van der Waals surface area contributed by atoms with Gasteiger partial charge in [-0.15, -0.1) is 0 Å². The SMILES string of the molecule is CC(=O)C(Cc1ccccc1)NC(=O)NCc1ccc(C2OC(CSc3nc(-c4ccccc4)c(-c4ccccc4)o3)CC(c3ccc(CO)cc3)O2)cc1. The van der Waals surface area contributed by atoms with E-state index in [1.807, 2.05) is 140 Å². The maximum atomic E-state index is 12.8. The highest BCUT2D eigenvalue weighted by Gasteiger charge is 2.33. The Bertz CT molecular complexity index is 2090. The predicted molar refractivity (Wildman–Crippen MR) is 213 cm³/mol. The van der Waals surface area contributed by atoms with Crippen LogP contribution in [0.4, 0.5) is 4.79 Å². The van der Waals surface area contributed by atoms with Gasteiger partial charge in [-0.25, -0.2) is 9.78 Å². The van der Waals surface area contributed by atoms with Gasteiger partial charge in [0, 0.05) is 35.4 Å². The summed E-state index contributed by atoms with van der Waals surface area (Å²) >= 11 is 1.51. The van der Waals surface area contributed by atoms with E-state index in [2.05, 4.69) is 10.6 Å². The van der Waals surface area contributed by atoms with Crippen LogP contribution in [0.1, 0.15) is 53.6 Å². The van der Waals surface area contributed by atoms with Crippen LogP contribution in [0.25, 0.3) is 22.6 Å². The molecule has 1 aromatic heterocycles. The van der Waals surface area contributed by atoms with E-state index in [9.17, 15) is 14.7 Å². The lowest BCUT2D eigenvalue weighted by Crippen LogP contribution is -2.46. The first-order chi connectivity index (χ1) is 26.9. The van der Waals surface area contributed by atoms with Gasteiger partial charge in [-0.2, -0.15) is 0 Å². The first kappa shape index (κ1) is 37.8. The molecule has 55 heavy (non-hydrogen) atoms. The number of ketones is 1. The van der Waals surface area contributed by atoms with Crippen molar-refractivity contribution in [3.63, 3.8) is 0 Å². The number of ether oxygens (including phenoxy) is 2. The van der Waals surface area contributed by atoms with Gasteiger partial charge in [0.15, 0.2) is 17.8 Å². The second kappa shape index (κ2) is 18.2. The lowest BCUT2D eigenvalue weighted by atomic mass is 10.0. The number of aliphatic hydroxyl groups is 1. The number of nitrogens with one attached hydrogen (secondary N) is 2. The minimum Gasteiger partial charge on any atom is -0.431 e. The zero-order valence-electron chi connectivity index (χ0n) is 30.5. The highest BCUT2D eigenvalue weighted by atomic mass is 32.2. The van der Waals surface area contributed by atoms with Crippen molar-refractivity contribution in [3.8, 4) is 22.6 Å². The average Bonchev–Trinajstić information content (AvgIpc) is 3.67. The number of hydrogen-bond acceptors (Lipinski definition) is 8. The number of carbonyl (C=O) groups is 2. The van der Waals surface area contributed by atoms with E-state index in [1.165, 1.54) is 18.7 Å². The third kappa shape index (κ3) is 9.97. The van der Waals surface area contributed by atoms with Crippen LogP contribution in [-0.2, 0) is 33.8 Å². The van der Waals surface area contributed by atoms with E-state index in [0.717, 1.165) is 50.4 Å². The topological polar surface area (TPSA) is 123 Å². The first-order valence-corrected chi connectivity index (χ1v) is 19.3. The van der Waals surface area contributed by atoms with Crippen molar-refractivity contribution in [1.82, 2.24) is 15.6 Å². The second-order valence-electron chi connectivity index (χ2n) is 13.5. The standard InChI is InChI=1S/C45H43N3O6S/c1-30(50)39(25-31-11-5-2-6-12-31)47-44(51)46-27-32-17-23-37(24-18-32)43-52-38(26-40(53-43)34-21-19-33(28-49)20-22-34)29-55-45-48-41(35-13-7-3-8-14-35)42(54-45)36-15-9-4-10-16-36/h2-24,38-40,43,49H,25-29H2,1H3,(H2,46,47,51). The highest BCUT2D eigenvalue weighted by molar-refractivity contribution is 7.99. The van der Waals surface area contributed by atoms with Crippen LogP contribution in [-0.4, -0.2) is 39.8 Å². The van der Waals surface area contributed by atoms with Crippen molar-refractivity contribution < 1.29 is 28.6 Å². The van der Waals surface area contributed by atoms with Gasteiger partial charge in [-0.1, -0.05) is 151 Å². The summed E-state index contributed by atoms with van der Waals surface area (Å²) in [7, 11) is 0. The largest absolute Gasteiger partial charge is 0.431 e. The van der Waals surface area contributed by atoms with Crippen molar-refractivity contribution in [2.75, 3.05) is 5.75 Å². The number of benzene rings is 5. The first-order valence-electron chi connectivity index (χ1n) is 18.3. The molecule has 1 aliphatic heterocycles. The molecule has 2 heterocycles. The normalized spacial score (nSPS) is 17.3. The molecule has 280 valence electrons. The van der Waals surface area contributed by atoms with Crippen LogP contribution in [0.2, 0.25) is 0 Å². The summed E-state index contributed by atoms with van der Waals surface area (Å²) in [5.74, 6) is 1.20. The molecule has 7 rings (SSSR count). The van der Waals surface area contributed by atoms with Crippen LogP contribution in [0.3, 0.4) is 0 Å². The molecule has 9 nitrogen and oxygen atoms in total. The number of hydrogen-bond donors (Lipinski definition) is 3. The quantitative estimate of drug-likeness (QED) is 0.0944. The van der Waals surface area contributed by atoms with Gasteiger partial charge in [0.05, 0.1) is 24.9 Å². The molecule has 0 spiro atoms. The fraction of sp³-hybridized carbons (Fsp3) is 0.222. The number of thioether (sulfide) groups is 1. The van der Waals surface area contributed by atoms with Crippen molar-refractivity contribution in [3.05, 3.63) is 167 Å². The van der Waals surface area contributed by atoms with Crippen molar-refractivity contribution in [2.45, 2.75) is 62.7 Å². The third-order valence-electron chi connectivity index (χ3n) is 9.48. The van der Waals surface area contributed by atoms with Crippen LogP contribution in [0.5, 0.6) is 0 Å². The van der Waals surface area contributed by atoms with Crippen LogP contribution in [0.15, 0.2) is 149 Å². The van der Waals surface area contributed by atoms with Gasteiger partial charge < -0.3 is 29.6 Å². The molecule has 0 bridgehead atoms. The van der Waals surface area contributed by atoms with Gasteiger partial charge >= 0.3 is 6.03 Å². The number of oxazole rings is 1.